The molecule has 0 aliphatic heterocycles. The molecule has 0 aliphatic rings. The second kappa shape index (κ2) is 3.58. The summed E-state index contributed by atoms with van der Waals surface area (Å²) in [5.41, 5.74) is 0.965. The van der Waals surface area contributed by atoms with Crippen LogP contribution in [-0.2, 0) is 0 Å². The Labute approximate surface area is 71.6 Å². The number of hydrogen-bond donors (Lipinski definition) is 1. The van der Waals surface area contributed by atoms with E-state index >= 15 is 0 Å². The number of nitrogens with one attached hydrogen (secondary N) is 1. The third-order valence-electron chi connectivity index (χ3n) is 1.16. The number of rotatable bonds is 2. The number of halogens is 1. The standard InChI is InChI=1S/C8H11ClN2/c1-6(2)11-8-3-7(9)4-10-5-8/h3-6,11H,1-2H3. The fourth-order valence-corrected chi connectivity index (χ4v) is 0.998. The topological polar surface area (TPSA) is 24.9 Å². The first kappa shape index (κ1) is 8.34. The second-order valence-electron chi connectivity index (χ2n) is 2.69. The van der Waals surface area contributed by atoms with Gasteiger partial charge < -0.3 is 5.32 Å². The van der Waals surface area contributed by atoms with Crippen LogP contribution in [0.4, 0.5) is 5.69 Å². The fourth-order valence-electron chi connectivity index (χ4n) is 0.824. The second-order valence-corrected chi connectivity index (χ2v) is 3.13. The largest absolute Gasteiger partial charge is 0.382 e. The van der Waals surface area contributed by atoms with E-state index in [0.29, 0.717) is 11.1 Å². The van der Waals surface area contributed by atoms with Gasteiger partial charge in [0, 0.05) is 12.2 Å². The monoisotopic (exact) mass is 170 g/mol. The van der Waals surface area contributed by atoms with Crippen molar-refractivity contribution in [1.82, 2.24) is 4.98 Å². The third-order valence-corrected chi connectivity index (χ3v) is 1.37. The molecule has 0 amide bonds. The highest BCUT2D eigenvalue weighted by molar-refractivity contribution is 6.30. The molecule has 1 N–H and O–H groups in total. The minimum Gasteiger partial charge on any atom is -0.382 e. The Morgan fingerprint density at radius 3 is 2.73 bits per heavy atom. The van der Waals surface area contributed by atoms with Gasteiger partial charge in [-0.2, -0.15) is 0 Å². The molecule has 0 fully saturated rings. The molecule has 11 heavy (non-hydrogen) atoms. The molecular formula is C8H11ClN2. The number of anilines is 1. The smallest absolute Gasteiger partial charge is 0.0609 e. The Bertz CT molecular complexity index is 235. The van der Waals surface area contributed by atoms with Crippen LogP contribution >= 0.6 is 11.6 Å². The van der Waals surface area contributed by atoms with E-state index in [-0.39, 0.29) is 0 Å². The molecule has 0 aromatic carbocycles. The molecule has 0 unspecified atom stereocenters. The highest BCUT2D eigenvalue weighted by atomic mass is 35.5. The molecule has 3 heteroatoms. The Balaban J connectivity index is 2.71. The van der Waals surface area contributed by atoms with Crippen molar-refractivity contribution in [2.24, 2.45) is 0 Å². The van der Waals surface area contributed by atoms with Gasteiger partial charge in [-0.15, -0.1) is 0 Å². The van der Waals surface area contributed by atoms with E-state index in [1.54, 1.807) is 12.4 Å². The van der Waals surface area contributed by atoms with E-state index in [0.717, 1.165) is 5.69 Å². The first-order chi connectivity index (χ1) is 5.18. The van der Waals surface area contributed by atoms with Crippen molar-refractivity contribution < 1.29 is 0 Å². The van der Waals surface area contributed by atoms with E-state index in [9.17, 15) is 0 Å². The Kier molecular flexibility index (Phi) is 2.71. The maximum absolute atomic E-state index is 5.73. The van der Waals surface area contributed by atoms with Crippen molar-refractivity contribution in [3.63, 3.8) is 0 Å². The molecule has 0 spiro atoms. The predicted octanol–water partition coefficient (Wildman–Crippen LogP) is 2.56. The van der Waals surface area contributed by atoms with E-state index in [1.165, 1.54) is 0 Å². The first-order valence-corrected chi connectivity index (χ1v) is 3.93. The van der Waals surface area contributed by atoms with Gasteiger partial charge in [-0.05, 0) is 19.9 Å². The number of hydrogen-bond acceptors (Lipinski definition) is 2. The minimum atomic E-state index is 0.412. The molecular weight excluding hydrogens is 160 g/mol. The third kappa shape index (κ3) is 2.76. The Morgan fingerprint density at radius 1 is 1.45 bits per heavy atom. The molecule has 0 aliphatic carbocycles. The van der Waals surface area contributed by atoms with E-state index < -0.39 is 0 Å². The molecule has 60 valence electrons. The molecule has 0 atom stereocenters. The predicted molar refractivity (Wildman–Crippen MR) is 48.0 cm³/mol. The maximum Gasteiger partial charge on any atom is 0.0609 e. The summed E-state index contributed by atoms with van der Waals surface area (Å²) in [6.45, 7) is 4.14. The van der Waals surface area contributed by atoms with Gasteiger partial charge in [0.1, 0.15) is 0 Å². The van der Waals surface area contributed by atoms with Crippen molar-refractivity contribution in [2.45, 2.75) is 19.9 Å². The zero-order chi connectivity index (χ0) is 8.27. The lowest BCUT2D eigenvalue weighted by Crippen LogP contribution is -2.09. The normalized spacial score (nSPS) is 10.2. The number of nitrogens with zero attached hydrogens (tertiary/aromatic N) is 1. The summed E-state index contributed by atoms with van der Waals surface area (Å²) in [6, 6.07) is 2.27. The summed E-state index contributed by atoms with van der Waals surface area (Å²) in [4.78, 5) is 3.94. The molecule has 1 aromatic rings. The SMILES string of the molecule is CC(C)Nc1cncc(Cl)c1. The number of pyridine rings is 1. The molecule has 2 nitrogen and oxygen atoms in total. The molecule has 0 bridgehead atoms. The van der Waals surface area contributed by atoms with E-state index in [1.807, 2.05) is 6.07 Å². The summed E-state index contributed by atoms with van der Waals surface area (Å²) >= 11 is 5.73. The van der Waals surface area contributed by atoms with Crippen molar-refractivity contribution >= 4 is 17.3 Å². The van der Waals surface area contributed by atoms with Gasteiger partial charge in [0.25, 0.3) is 0 Å². The van der Waals surface area contributed by atoms with Gasteiger partial charge in [0.05, 0.1) is 16.9 Å². The molecule has 1 heterocycles. The zero-order valence-electron chi connectivity index (χ0n) is 6.63. The Morgan fingerprint density at radius 2 is 2.18 bits per heavy atom. The molecule has 1 aromatic heterocycles. The van der Waals surface area contributed by atoms with Crippen LogP contribution < -0.4 is 5.32 Å². The summed E-state index contributed by atoms with van der Waals surface area (Å²) in [7, 11) is 0. The highest BCUT2D eigenvalue weighted by Crippen LogP contribution is 2.13. The van der Waals surface area contributed by atoms with Gasteiger partial charge in [0.15, 0.2) is 0 Å². The lowest BCUT2D eigenvalue weighted by atomic mass is 10.3. The Hall–Kier alpha value is -0.760. The summed E-state index contributed by atoms with van der Waals surface area (Å²) in [5, 5.41) is 3.86. The van der Waals surface area contributed by atoms with Crippen LogP contribution in [-0.4, -0.2) is 11.0 Å². The summed E-state index contributed by atoms with van der Waals surface area (Å²) < 4.78 is 0. The van der Waals surface area contributed by atoms with Crippen molar-refractivity contribution in [3.8, 4) is 0 Å². The van der Waals surface area contributed by atoms with Gasteiger partial charge in [-0.1, -0.05) is 11.6 Å². The molecule has 0 radical (unpaired) electrons. The van der Waals surface area contributed by atoms with Crippen LogP contribution in [0.5, 0.6) is 0 Å². The summed E-state index contributed by atoms with van der Waals surface area (Å²) in [5.74, 6) is 0. The van der Waals surface area contributed by atoms with E-state index in [4.69, 9.17) is 11.6 Å². The number of aromatic nitrogens is 1. The summed E-state index contributed by atoms with van der Waals surface area (Å²) in [6.07, 6.45) is 3.37. The van der Waals surface area contributed by atoms with Crippen LogP contribution in [0, 0.1) is 0 Å². The molecule has 1 rings (SSSR count). The van der Waals surface area contributed by atoms with Crippen LogP contribution in [0.15, 0.2) is 18.5 Å². The average molecular weight is 171 g/mol. The van der Waals surface area contributed by atoms with Crippen LogP contribution in [0.2, 0.25) is 5.02 Å². The van der Waals surface area contributed by atoms with Crippen LogP contribution in [0.3, 0.4) is 0 Å². The highest BCUT2D eigenvalue weighted by Gasteiger charge is 1.95. The van der Waals surface area contributed by atoms with Gasteiger partial charge >= 0.3 is 0 Å². The zero-order valence-corrected chi connectivity index (χ0v) is 7.39. The van der Waals surface area contributed by atoms with Gasteiger partial charge in [-0.25, -0.2) is 0 Å². The fraction of sp³-hybridized carbons (Fsp3) is 0.375. The van der Waals surface area contributed by atoms with Crippen molar-refractivity contribution in [1.29, 1.82) is 0 Å². The lowest BCUT2D eigenvalue weighted by Gasteiger charge is -2.08. The molecule has 0 saturated heterocycles. The van der Waals surface area contributed by atoms with Gasteiger partial charge in [0.2, 0.25) is 0 Å². The maximum atomic E-state index is 5.73. The average Bonchev–Trinajstić information content (AvgIpc) is 1.85. The van der Waals surface area contributed by atoms with E-state index in [2.05, 4.69) is 24.1 Å². The quantitative estimate of drug-likeness (QED) is 0.738. The molecule has 0 saturated carbocycles. The first-order valence-electron chi connectivity index (χ1n) is 3.55. The van der Waals surface area contributed by atoms with Crippen LogP contribution in [0.1, 0.15) is 13.8 Å². The van der Waals surface area contributed by atoms with Crippen molar-refractivity contribution in [3.05, 3.63) is 23.5 Å². The minimum absolute atomic E-state index is 0.412. The van der Waals surface area contributed by atoms with Crippen LogP contribution in [0.25, 0.3) is 0 Å². The van der Waals surface area contributed by atoms with Gasteiger partial charge in [-0.3, -0.25) is 4.98 Å². The van der Waals surface area contributed by atoms with Crippen molar-refractivity contribution in [2.75, 3.05) is 5.32 Å². The lowest BCUT2D eigenvalue weighted by molar-refractivity contribution is 0.898.